The number of hydrogen-bond acceptors (Lipinski definition) is 5. The molecule has 0 aromatic heterocycles. The van der Waals surface area contributed by atoms with Crippen molar-refractivity contribution in [3.05, 3.63) is 24.3 Å². The van der Waals surface area contributed by atoms with Gasteiger partial charge in [-0.15, -0.1) is 11.6 Å². The highest BCUT2D eigenvalue weighted by atomic mass is 35.5. The number of alkyl halides is 1. The number of carbonyl (C=O) groups is 1. The van der Waals surface area contributed by atoms with Crippen LogP contribution in [0.5, 0.6) is 0 Å². The fourth-order valence-corrected chi connectivity index (χ4v) is 4.97. The molecule has 2 fully saturated rings. The Morgan fingerprint density at radius 2 is 2.03 bits per heavy atom. The fraction of sp³-hybridized carbons (Fsp3) is 0.800. The maximum atomic E-state index is 10.6. The summed E-state index contributed by atoms with van der Waals surface area (Å²) in [5.74, 6) is -0.503. The second-order valence-corrected chi connectivity index (χ2v) is 9.75. The summed E-state index contributed by atoms with van der Waals surface area (Å²) in [6.45, 7) is 2.49. The Kier molecular flexibility index (Phi) is 12.9. The lowest BCUT2D eigenvalue weighted by atomic mass is 9.90. The van der Waals surface area contributed by atoms with Crippen LogP contribution in [0, 0.1) is 11.8 Å². The van der Waals surface area contributed by atoms with Crippen molar-refractivity contribution in [3.8, 4) is 0 Å². The van der Waals surface area contributed by atoms with E-state index < -0.39 is 12.1 Å². The normalized spacial score (nSPS) is 30.8. The molecule has 0 aromatic carbocycles. The van der Waals surface area contributed by atoms with E-state index in [2.05, 4.69) is 12.2 Å². The molecule has 1 aliphatic carbocycles. The highest BCUT2D eigenvalue weighted by Gasteiger charge is 2.42. The van der Waals surface area contributed by atoms with Crippen LogP contribution in [0.1, 0.15) is 77.6 Å². The predicted octanol–water partition coefficient (Wildman–Crippen LogP) is 4.81. The van der Waals surface area contributed by atoms with Gasteiger partial charge in [0.25, 0.3) is 0 Å². The minimum Gasteiger partial charge on any atom is -0.481 e. The van der Waals surface area contributed by atoms with Crippen molar-refractivity contribution in [1.29, 1.82) is 0 Å². The number of allylic oxidation sites excluding steroid dienone is 2. The van der Waals surface area contributed by atoms with Gasteiger partial charge in [0, 0.05) is 24.3 Å². The maximum absolute atomic E-state index is 10.6. The van der Waals surface area contributed by atoms with E-state index in [0.29, 0.717) is 19.3 Å². The molecule has 2 aliphatic rings. The Hall–Kier alpha value is -0.920. The van der Waals surface area contributed by atoms with Gasteiger partial charge in [0.1, 0.15) is 0 Å². The number of rotatable bonds is 14. The quantitative estimate of drug-likeness (QED) is 0.191. The van der Waals surface area contributed by atoms with Gasteiger partial charge in [-0.05, 0) is 77.0 Å². The van der Waals surface area contributed by atoms with E-state index in [0.717, 1.165) is 51.6 Å². The van der Waals surface area contributed by atoms with Gasteiger partial charge in [-0.2, -0.15) is 0 Å². The fourth-order valence-electron chi connectivity index (χ4n) is 4.52. The number of hydrogen-bond donors (Lipinski definition) is 3. The van der Waals surface area contributed by atoms with Crippen LogP contribution in [-0.4, -0.2) is 57.9 Å². The third-order valence-corrected chi connectivity index (χ3v) is 6.83. The van der Waals surface area contributed by atoms with E-state index in [1.165, 1.54) is 0 Å². The van der Waals surface area contributed by atoms with Gasteiger partial charge in [-0.3, -0.25) is 4.79 Å². The van der Waals surface area contributed by atoms with Gasteiger partial charge >= 0.3 is 5.97 Å². The van der Waals surface area contributed by atoms with Gasteiger partial charge in [0.05, 0.1) is 18.3 Å². The number of ether oxygens (including phenoxy) is 2. The lowest BCUT2D eigenvalue weighted by molar-refractivity contribution is -0.192. The van der Waals surface area contributed by atoms with Gasteiger partial charge in [-0.25, -0.2) is 0 Å². The standard InChI is InChI=1S/C25H41ClO6/c1-18(27)9-8-10-19(28)14-15-21-20(11-4-2-3-5-12-24(29)30)22(26)17-23(21)32-25-13-6-7-16-31-25/h2,4,14-15,18-23,25,27-28H,3,5-13,16-17H2,1H3,(H,29,30)/b4-2?,15-14+/t18-,19+,20-,21-,22-,23-,25?/m1/s1. The highest BCUT2D eigenvalue weighted by Crippen LogP contribution is 2.42. The van der Waals surface area contributed by atoms with Crippen molar-refractivity contribution in [3.63, 3.8) is 0 Å². The first kappa shape index (κ1) is 27.3. The maximum Gasteiger partial charge on any atom is 0.303 e. The Bertz CT molecular complexity index is 587. The van der Waals surface area contributed by atoms with E-state index in [1.807, 2.05) is 12.2 Å². The summed E-state index contributed by atoms with van der Waals surface area (Å²) in [4.78, 5) is 10.6. The van der Waals surface area contributed by atoms with Crippen molar-refractivity contribution in [1.82, 2.24) is 0 Å². The number of carboxylic acid groups (broad SMARTS) is 1. The van der Waals surface area contributed by atoms with Crippen LogP contribution in [0.2, 0.25) is 0 Å². The topological polar surface area (TPSA) is 96.2 Å². The first-order valence-corrected chi connectivity index (χ1v) is 12.6. The second kappa shape index (κ2) is 15.1. The molecule has 3 N–H and O–H groups in total. The summed E-state index contributed by atoms with van der Waals surface area (Å²) in [6.07, 6.45) is 15.1. The molecule has 0 bridgehead atoms. The van der Waals surface area contributed by atoms with Crippen LogP contribution in [0.25, 0.3) is 0 Å². The summed E-state index contributed by atoms with van der Waals surface area (Å²) in [5, 5.41) is 28.5. The van der Waals surface area contributed by atoms with E-state index >= 15 is 0 Å². The van der Waals surface area contributed by atoms with Gasteiger partial charge in [-0.1, -0.05) is 24.3 Å². The molecule has 0 spiro atoms. The summed E-state index contributed by atoms with van der Waals surface area (Å²) in [6, 6.07) is 0. The lowest BCUT2D eigenvalue weighted by Gasteiger charge is -2.29. The SMILES string of the molecule is C[C@@H](O)CCC[C@H](O)/C=C/[C@@H]1[C@@H](CC=CCCCC(=O)O)[C@H](Cl)C[C@H]1OC1CCCCO1. The number of aliphatic carboxylic acids is 1. The van der Waals surface area contributed by atoms with Crippen LogP contribution in [-0.2, 0) is 14.3 Å². The smallest absolute Gasteiger partial charge is 0.303 e. The Balaban J connectivity index is 1.96. The molecule has 1 unspecified atom stereocenters. The van der Waals surface area contributed by atoms with Crippen LogP contribution in [0.15, 0.2) is 24.3 Å². The van der Waals surface area contributed by atoms with E-state index in [-0.39, 0.29) is 42.1 Å². The zero-order chi connectivity index (χ0) is 23.3. The molecular weight excluding hydrogens is 432 g/mol. The van der Waals surface area contributed by atoms with Crippen molar-refractivity contribution in [2.75, 3.05) is 6.61 Å². The molecule has 32 heavy (non-hydrogen) atoms. The first-order chi connectivity index (χ1) is 15.4. The first-order valence-electron chi connectivity index (χ1n) is 12.2. The summed E-state index contributed by atoms with van der Waals surface area (Å²) in [7, 11) is 0. The molecule has 1 heterocycles. The van der Waals surface area contributed by atoms with Crippen molar-refractivity contribution in [2.45, 2.75) is 108 Å². The summed E-state index contributed by atoms with van der Waals surface area (Å²) < 4.78 is 12.1. The molecule has 7 heteroatoms. The van der Waals surface area contributed by atoms with Crippen molar-refractivity contribution < 1.29 is 29.6 Å². The largest absolute Gasteiger partial charge is 0.481 e. The molecule has 0 amide bonds. The molecule has 1 saturated carbocycles. The highest BCUT2D eigenvalue weighted by molar-refractivity contribution is 6.21. The lowest BCUT2D eigenvalue weighted by Crippen LogP contribution is -2.30. The van der Waals surface area contributed by atoms with Crippen molar-refractivity contribution >= 4 is 17.6 Å². The molecule has 1 saturated heterocycles. The molecule has 0 radical (unpaired) electrons. The van der Waals surface area contributed by atoms with Gasteiger partial charge in [0.2, 0.25) is 0 Å². The minimum atomic E-state index is -0.767. The summed E-state index contributed by atoms with van der Waals surface area (Å²) >= 11 is 6.74. The molecule has 7 atom stereocenters. The van der Waals surface area contributed by atoms with Crippen LogP contribution >= 0.6 is 11.6 Å². The van der Waals surface area contributed by atoms with E-state index in [1.54, 1.807) is 6.92 Å². The number of aliphatic hydroxyl groups excluding tert-OH is 2. The second-order valence-electron chi connectivity index (χ2n) is 9.19. The van der Waals surface area contributed by atoms with Crippen LogP contribution < -0.4 is 0 Å². The van der Waals surface area contributed by atoms with Gasteiger partial charge < -0.3 is 24.8 Å². The van der Waals surface area contributed by atoms with E-state index in [4.69, 9.17) is 26.2 Å². The molecular formula is C25H41ClO6. The zero-order valence-electron chi connectivity index (χ0n) is 19.3. The third kappa shape index (κ3) is 10.3. The average Bonchev–Trinajstić information content (AvgIpc) is 3.03. The average molecular weight is 473 g/mol. The van der Waals surface area contributed by atoms with Gasteiger partial charge in [0.15, 0.2) is 6.29 Å². The molecule has 2 rings (SSSR count). The molecule has 184 valence electrons. The number of halogens is 1. The van der Waals surface area contributed by atoms with Crippen LogP contribution in [0.3, 0.4) is 0 Å². The predicted molar refractivity (Wildman–Crippen MR) is 126 cm³/mol. The van der Waals surface area contributed by atoms with E-state index in [9.17, 15) is 15.0 Å². The molecule has 0 aromatic rings. The zero-order valence-corrected chi connectivity index (χ0v) is 20.0. The number of aliphatic hydroxyl groups is 2. The molecule has 1 aliphatic heterocycles. The Morgan fingerprint density at radius 3 is 2.72 bits per heavy atom. The Labute approximate surface area is 197 Å². The number of carboxylic acids is 1. The molecule has 6 nitrogen and oxygen atoms in total. The van der Waals surface area contributed by atoms with Crippen LogP contribution in [0.4, 0.5) is 0 Å². The summed E-state index contributed by atoms with van der Waals surface area (Å²) in [5.41, 5.74) is 0. The van der Waals surface area contributed by atoms with Crippen molar-refractivity contribution in [2.24, 2.45) is 11.8 Å². The minimum absolute atomic E-state index is 0.0331. The number of unbranched alkanes of at least 4 members (excludes halogenated alkanes) is 1. The third-order valence-electron chi connectivity index (χ3n) is 6.32. The monoisotopic (exact) mass is 472 g/mol. The Morgan fingerprint density at radius 1 is 1.22 bits per heavy atom.